The van der Waals surface area contributed by atoms with Gasteiger partial charge in [0.15, 0.2) is 0 Å². The van der Waals surface area contributed by atoms with Crippen LogP contribution in [0.1, 0.15) is 0 Å². The molecule has 0 bridgehead atoms. The fourth-order valence-electron chi connectivity index (χ4n) is 1.22. The van der Waals surface area contributed by atoms with Crippen molar-refractivity contribution in [1.29, 1.82) is 0 Å². The molecule has 1 aromatic heterocycles. The molecule has 0 aliphatic rings. The van der Waals surface area contributed by atoms with Crippen LogP contribution in [0.3, 0.4) is 0 Å². The van der Waals surface area contributed by atoms with Crippen LogP contribution in [0.2, 0.25) is 0 Å². The molecule has 2 aromatic rings. The van der Waals surface area contributed by atoms with E-state index in [0.717, 1.165) is 4.88 Å². The van der Waals surface area contributed by atoms with E-state index in [4.69, 9.17) is 5.73 Å². The molecule has 0 unspecified atom stereocenters. The van der Waals surface area contributed by atoms with E-state index >= 15 is 0 Å². The minimum atomic E-state index is -0.262. The molecule has 0 fully saturated rings. The first-order chi connectivity index (χ1) is 6.68. The van der Waals surface area contributed by atoms with Gasteiger partial charge in [-0.15, -0.1) is 11.3 Å². The molecule has 2 rings (SSSR count). The van der Waals surface area contributed by atoms with E-state index in [1.165, 1.54) is 11.3 Å². The number of halogens is 2. The van der Waals surface area contributed by atoms with E-state index in [9.17, 15) is 4.39 Å². The zero-order valence-electron chi connectivity index (χ0n) is 7.13. The highest BCUT2D eigenvalue weighted by Gasteiger charge is 2.10. The summed E-state index contributed by atoms with van der Waals surface area (Å²) in [5.41, 5.74) is 6.75. The second kappa shape index (κ2) is 3.71. The second-order valence-electron chi connectivity index (χ2n) is 2.84. The number of hydrogen-bond acceptors (Lipinski definition) is 2. The second-order valence-corrected chi connectivity index (χ2v) is 4.64. The minimum Gasteiger partial charge on any atom is -0.399 e. The lowest BCUT2D eigenvalue weighted by atomic mass is 10.1. The SMILES string of the molecule is Nc1cc(Br)c(F)c(-c2cccs2)c1. The Balaban J connectivity index is 2.64. The van der Waals surface area contributed by atoms with Crippen molar-refractivity contribution in [2.45, 2.75) is 0 Å². The van der Waals surface area contributed by atoms with Crippen LogP contribution in [-0.2, 0) is 0 Å². The maximum Gasteiger partial charge on any atom is 0.146 e. The van der Waals surface area contributed by atoms with Gasteiger partial charge < -0.3 is 5.73 Å². The average molecular weight is 272 g/mol. The molecule has 0 aliphatic carbocycles. The van der Waals surface area contributed by atoms with Crippen molar-refractivity contribution in [3.8, 4) is 10.4 Å². The Morgan fingerprint density at radius 3 is 2.79 bits per heavy atom. The third-order valence-electron chi connectivity index (χ3n) is 1.84. The Morgan fingerprint density at radius 2 is 2.14 bits per heavy atom. The van der Waals surface area contributed by atoms with Gasteiger partial charge in [0.05, 0.1) is 4.47 Å². The molecule has 1 heterocycles. The first kappa shape index (κ1) is 9.68. The maximum absolute atomic E-state index is 13.6. The fraction of sp³-hybridized carbons (Fsp3) is 0. The van der Waals surface area contributed by atoms with Gasteiger partial charge in [-0.25, -0.2) is 4.39 Å². The standard InChI is InChI=1S/C10H7BrFNS/c11-8-5-6(13)4-7(10(8)12)9-2-1-3-14-9/h1-5H,13H2. The summed E-state index contributed by atoms with van der Waals surface area (Å²) < 4.78 is 14.1. The summed E-state index contributed by atoms with van der Waals surface area (Å²) in [5.74, 6) is -0.262. The van der Waals surface area contributed by atoms with E-state index in [0.29, 0.717) is 15.7 Å². The summed E-state index contributed by atoms with van der Waals surface area (Å²) in [4.78, 5) is 0.885. The highest BCUT2D eigenvalue weighted by molar-refractivity contribution is 9.10. The van der Waals surface area contributed by atoms with Gasteiger partial charge in [-0.05, 0) is 39.5 Å². The van der Waals surface area contributed by atoms with Crippen molar-refractivity contribution in [2.75, 3.05) is 5.73 Å². The normalized spacial score (nSPS) is 10.4. The Labute approximate surface area is 93.5 Å². The van der Waals surface area contributed by atoms with E-state index in [-0.39, 0.29) is 5.82 Å². The monoisotopic (exact) mass is 271 g/mol. The van der Waals surface area contributed by atoms with E-state index in [1.807, 2.05) is 17.5 Å². The summed E-state index contributed by atoms with van der Waals surface area (Å²) in [5, 5.41) is 1.91. The molecule has 2 N–H and O–H groups in total. The molecule has 0 atom stereocenters. The number of benzene rings is 1. The lowest BCUT2D eigenvalue weighted by Crippen LogP contribution is -1.90. The quantitative estimate of drug-likeness (QED) is 0.783. The van der Waals surface area contributed by atoms with Crippen LogP contribution in [0.4, 0.5) is 10.1 Å². The summed E-state index contributed by atoms with van der Waals surface area (Å²) in [7, 11) is 0. The summed E-state index contributed by atoms with van der Waals surface area (Å²) in [6, 6.07) is 6.96. The topological polar surface area (TPSA) is 26.0 Å². The van der Waals surface area contributed by atoms with Crippen molar-refractivity contribution in [3.63, 3.8) is 0 Å². The third-order valence-corrected chi connectivity index (χ3v) is 3.32. The minimum absolute atomic E-state index is 0.262. The maximum atomic E-state index is 13.6. The summed E-state index contributed by atoms with van der Waals surface area (Å²) in [6.45, 7) is 0. The average Bonchev–Trinajstić information content (AvgIpc) is 2.63. The van der Waals surface area contributed by atoms with Crippen molar-refractivity contribution in [2.24, 2.45) is 0 Å². The highest BCUT2D eigenvalue weighted by atomic mass is 79.9. The van der Waals surface area contributed by atoms with Gasteiger partial charge in [0.2, 0.25) is 0 Å². The first-order valence-electron chi connectivity index (χ1n) is 3.97. The van der Waals surface area contributed by atoms with E-state index in [1.54, 1.807) is 12.1 Å². The van der Waals surface area contributed by atoms with Crippen molar-refractivity contribution < 1.29 is 4.39 Å². The molecule has 14 heavy (non-hydrogen) atoms. The third kappa shape index (κ3) is 1.67. The molecule has 0 aliphatic heterocycles. The van der Waals surface area contributed by atoms with Crippen LogP contribution in [0.25, 0.3) is 10.4 Å². The molecule has 0 saturated carbocycles. The molecule has 72 valence electrons. The van der Waals surface area contributed by atoms with Crippen molar-refractivity contribution in [3.05, 3.63) is 39.9 Å². The van der Waals surface area contributed by atoms with Crippen LogP contribution < -0.4 is 5.73 Å². The lowest BCUT2D eigenvalue weighted by Gasteiger charge is -2.04. The zero-order valence-corrected chi connectivity index (χ0v) is 9.53. The van der Waals surface area contributed by atoms with Crippen LogP contribution in [0.15, 0.2) is 34.1 Å². The number of hydrogen-bond donors (Lipinski definition) is 1. The van der Waals surface area contributed by atoms with Crippen LogP contribution in [-0.4, -0.2) is 0 Å². The van der Waals surface area contributed by atoms with Gasteiger partial charge >= 0.3 is 0 Å². The van der Waals surface area contributed by atoms with Crippen molar-refractivity contribution >= 4 is 33.0 Å². The first-order valence-corrected chi connectivity index (χ1v) is 5.64. The molecular weight excluding hydrogens is 265 g/mol. The van der Waals surface area contributed by atoms with E-state index < -0.39 is 0 Å². The Hall–Kier alpha value is -0.870. The van der Waals surface area contributed by atoms with Gasteiger partial charge in [0.25, 0.3) is 0 Å². The summed E-state index contributed by atoms with van der Waals surface area (Å²) >= 11 is 4.62. The number of thiophene rings is 1. The number of rotatable bonds is 1. The predicted molar refractivity (Wildman–Crippen MR) is 61.8 cm³/mol. The van der Waals surface area contributed by atoms with Gasteiger partial charge in [-0.2, -0.15) is 0 Å². The zero-order chi connectivity index (χ0) is 10.1. The fourth-order valence-corrected chi connectivity index (χ4v) is 2.44. The Bertz CT molecular complexity index is 453. The van der Waals surface area contributed by atoms with Crippen LogP contribution in [0, 0.1) is 5.82 Å². The molecule has 0 radical (unpaired) electrons. The molecule has 0 amide bonds. The largest absolute Gasteiger partial charge is 0.399 e. The molecule has 1 aromatic carbocycles. The van der Waals surface area contributed by atoms with Crippen LogP contribution >= 0.6 is 27.3 Å². The Kier molecular flexibility index (Phi) is 2.56. The molecule has 0 saturated heterocycles. The van der Waals surface area contributed by atoms with Crippen LogP contribution in [0.5, 0.6) is 0 Å². The molecule has 0 spiro atoms. The number of nitrogens with two attached hydrogens (primary N) is 1. The molecule has 4 heteroatoms. The number of nitrogen functional groups attached to an aromatic ring is 1. The van der Waals surface area contributed by atoms with Gasteiger partial charge in [0, 0.05) is 16.1 Å². The summed E-state index contributed by atoms with van der Waals surface area (Å²) in [6.07, 6.45) is 0. The van der Waals surface area contributed by atoms with Gasteiger partial charge in [-0.3, -0.25) is 0 Å². The van der Waals surface area contributed by atoms with Gasteiger partial charge in [0.1, 0.15) is 5.82 Å². The smallest absolute Gasteiger partial charge is 0.146 e. The highest BCUT2D eigenvalue weighted by Crippen LogP contribution is 2.32. The van der Waals surface area contributed by atoms with E-state index in [2.05, 4.69) is 15.9 Å². The number of anilines is 1. The van der Waals surface area contributed by atoms with Gasteiger partial charge in [-0.1, -0.05) is 6.07 Å². The predicted octanol–water partition coefficient (Wildman–Crippen LogP) is 3.90. The van der Waals surface area contributed by atoms with Crippen molar-refractivity contribution in [1.82, 2.24) is 0 Å². The molecule has 1 nitrogen and oxygen atoms in total. The molecular formula is C10H7BrFNS. The Morgan fingerprint density at radius 1 is 1.36 bits per heavy atom. The lowest BCUT2D eigenvalue weighted by molar-refractivity contribution is 0.625.